The average Bonchev–Trinajstić information content (AvgIpc) is 3.48. The summed E-state index contributed by atoms with van der Waals surface area (Å²) in [6, 6.07) is 21.8. The highest BCUT2D eigenvalue weighted by molar-refractivity contribution is 5.94. The number of imidazole rings is 1. The lowest BCUT2D eigenvalue weighted by molar-refractivity contribution is 0.0784. The van der Waals surface area contributed by atoms with Crippen molar-refractivity contribution in [1.29, 1.82) is 0 Å². The molecule has 1 aromatic heterocycles. The zero-order valence-electron chi connectivity index (χ0n) is 21.6. The molecule has 1 aliphatic heterocycles. The summed E-state index contributed by atoms with van der Waals surface area (Å²) < 4.78 is 11.0. The van der Waals surface area contributed by atoms with Gasteiger partial charge in [-0.3, -0.25) is 4.79 Å². The number of aromatic amines is 1. The van der Waals surface area contributed by atoms with E-state index >= 15 is 0 Å². The second-order valence-electron chi connectivity index (χ2n) is 9.24. The zero-order valence-corrected chi connectivity index (χ0v) is 21.6. The summed E-state index contributed by atoms with van der Waals surface area (Å²) in [5.74, 6) is 1.97. The lowest BCUT2D eigenvalue weighted by atomic mass is 10.0. The van der Waals surface area contributed by atoms with E-state index in [1.165, 1.54) is 0 Å². The molecule has 0 fully saturated rings. The number of fused-ring (bicyclic) bond motifs is 1. The van der Waals surface area contributed by atoms with Crippen molar-refractivity contribution in [3.63, 3.8) is 0 Å². The Morgan fingerprint density at radius 1 is 1.05 bits per heavy atom. The van der Waals surface area contributed by atoms with Crippen LogP contribution in [0.2, 0.25) is 0 Å². The van der Waals surface area contributed by atoms with Crippen molar-refractivity contribution in [2.75, 3.05) is 32.7 Å². The normalized spacial score (nSPS) is 17.2. The van der Waals surface area contributed by atoms with Gasteiger partial charge in [0.15, 0.2) is 0 Å². The van der Waals surface area contributed by atoms with Crippen molar-refractivity contribution in [2.24, 2.45) is 5.73 Å². The SMILES string of the molecule is COc1cc(OC)cc(N2C(N)=C(c3nc4ccccc4[nH]3)C(O)C2CCN(C)C(=O)c2ccccc2)c1. The molecule has 2 heterocycles. The molecule has 0 radical (unpaired) electrons. The van der Waals surface area contributed by atoms with Gasteiger partial charge >= 0.3 is 0 Å². The molecule has 0 bridgehead atoms. The number of aliphatic hydroxyl groups excluding tert-OH is 1. The molecular weight excluding hydrogens is 482 g/mol. The van der Waals surface area contributed by atoms with Gasteiger partial charge in [0.05, 0.1) is 42.6 Å². The van der Waals surface area contributed by atoms with E-state index in [0.29, 0.717) is 52.9 Å². The highest BCUT2D eigenvalue weighted by atomic mass is 16.5. The van der Waals surface area contributed by atoms with E-state index < -0.39 is 12.1 Å². The van der Waals surface area contributed by atoms with Crippen LogP contribution in [0.15, 0.2) is 78.6 Å². The number of hydrogen-bond donors (Lipinski definition) is 3. The largest absolute Gasteiger partial charge is 0.497 e. The number of carbonyl (C=O) groups excluding carboxylic acids is 1. The van der Waals surface area contributed by atoms with Crippen molar-refractivity contribution >= 4 is 28.2 Å². The van der Waals surface area contributed by atoms with Gasteiger partial charge in [-0.2, -0.15) is 0 Å². The van der Waals surface area contributed by atoms with Crippen molar-refractivity contribution in [2.45, 2.75) is 18.6 Å². The smallest absolute Gasteiger partial charge is 0.253 e. The molecule has 0 saturated heterocycles. The van der Waals surface area contributed by atoms with Gasteiger partial charge in [-0.25, -0.2) is 4.98 Å². The Morgan fingerprint density at radius 3 is 2.37 bits per heavy atom. The Hall–Kier alpha value is -4.50. The molecule has 4 aromatic rings. The summed E-state index contributed by atoms with van der Waals surface area (Å²) in [5.41, 5.74) is 10.2. The number of H-pyrrole nitrogens is 1. The Kier molecular flexibility index (Phi) is 6.93. The number of nitrogens with two attached hydrogens (primary N) is 1. The third kappa shape index (κ3) is 4.64. The van der Waals surface area contributed by atoms with Crippen LogP contribution >= 0.6 is 0 Å². The fourth-order valence-corrected chi connectivity index (χ4v) is 4.91. The number of carbonyl (C=O) groups is 1. The molecule has 5 rings (SSSR count). The van der Waals surface area contributed by atoms with Crippen LogP contribution in [0, 0.1) is 0 Å². The summed E-state index contributed by atoms with van der Waals surface area (Å²) in [6.45, 7) is 0.397. The topological polar surface area (TPSA) is 117 Å². The fraction of sp³-hybridized carbons (Fsp3) is 0.241. The maximum absolute atomic E-state index is 13.0. The second kappa shape index (κ2) is 10.5. The third-order valence-corrected chi connectivity index (χ3v) is 6.91. The first-order chi connectivity index (χ1) is 18.4. The fourth-order valence-electron chi connectivity index (χ4n) is 4.91. The molecule has 1 aliphatic rings. The monoisotopic (exact) mass is 513 g/mol. The molecule has 3 aromatic carbocycles. The first-order valence-corrected chi connectivity index (χ1v) is 12.4. The number of amides is 1. The second-order valence-corrected chi connectivity index (χ2v) is 9.24. The quantitative estimate of drug-likeness (QED) is 0.329. The molecule has 2 unspecified atom stereocenters. The summed E-state index contributed by atoms with van der Waals surface area (Å²) in [6.07, 6.45) is -0.520. The number of aromatic nitrogens is 2. The number of aliphatic hydroxyl groups is 1. The number of anilines is 1. The van der Waals surface area contributed by atoms with Gasteiger partial charge in [0.25, 0.3) is 5.91 Å². The Labute approximate surface area is 221 Å². The van der Waals surface area contributed by atoms with Crippen LogP contribution in [0.25, 0.3) is 16.6 Å². The van der Waals surface area contributed by atoms with Gasteiger partial charge in [0, 0.05) is 37.4 Å². The molecule has 0 spiro atoms. The van der Waals surface area contributed by atoms with Gasteiger partial charge in [-0.05, 0) is 30.7 Å². The molecule has 1 amide bonds. The lowest BCUT2D eigenvalue weighted by Gasteiger charge is -2.31. The van der Waals surface area contributed by atoms with Crippen LogP contribution in [0.4, 0.5) is 5.69 Å². The molecule has 0 aliphatic carbocycles. The van der Waals surface area contributed by atoms with E-state index in [9.17, 15) is 9.90 Å². The van der Waals surface area contributed by atoms with Crippen LogP contribution in [-0.2, 0) is 0 Å². The van der Waals surface area contributed by atoms with Crippen molar-refractivity contribution < 1.29 is 19.4 Å². The van der Waals surface area contributed by atoms with E-state index in [1.54, 1.807) is 44.4 Å². The van der Waals surface area contributed by atoms with Gasteiger partial charge in [0.1, 0.15) is 29.2 Å². The highest BCUT2D eigenvalue weighted by Crippen LogP contribution is 2.40. The van der Waals surface area contributed by atoms with Crippen LogP contribution < -0.4 is 20.1 Å². The summed E-state index contributed by atoms with van der Waals surface area (Å²) in [7, 11) is 4.92. The predicted molar refractivity (Wildman–Crippen MR) is 147 cm³/mol. The molecule has 38 heavy (non-hydrogen) atoms. The molecule has 2 atom stereocenters. The number of hydrogen-bond acceptors (Lipinski definition) is 7. The van der Waals surface area contributed by atoms with Crippen molar-refractivity contribution in [3.05, 3.63) is 90.0 Å². The zero-order chi connectivity index (χ0) is 26.8. The van der Waals surface area contributed by atoms with E-state index in [-0.39, 0.29) is 5.91 Å². The van der Waals surface area contributed by atoms with Crippen molar-refractivity contribution in [3.8, 4) is 11.5 Å². The third-order valence-electron chi connectivity index (χ3n) is 6.91. The number of methoxy groups -OCH3 is 2. The summed E-state index contributed by atoms with van der Waals surface area (Å²) in [4.78, 5) is 24.5. The van der Waals surface area contributed by atoms with Crippen LogP contribution in [0.5, 0.6) is 11.5 Å². The molecule has 4 N–H and O–H groups in total. The first-order valence-electron chi connectivity index (χ1n) is 12.4. The number of ether oxygens (including phenoxy) is 2. The van der Waals surface area contributed by atoms with E-state index in [4.69, 9.17) is 20.2 Å². The molecular formula is C29H31N5O4. The lowest BCUT2D eigenvalue weighted by Crippen LogP contribution is -2.41. The van der Waals surface area contributed by atoms with Gasteiger partial charge < -0.3 is 35.1 Å². The minimum atomic E-state index is -0.965. The average molecular weight is 514 g/mol. The van der Waals surface area contributed by atoms with Crippen LogP contribution in [0.3, 0.4) is 0 Å². The minimum absolute atomic E-state index is 0.0916. The van der Waals surface area contributed by atoms with Gasteiger partial charge in [-0.1, -0.05) is 30.3 Å². The van der Waals surface area contributed by atoms with Crippen LogP contribution in [-0.4, -0.2) is 65.8 Å². The van der Waals surface area contributed by atoms with Crippen molar-refractivity contribution in [1.82, 2.24) is 14.9 Å². The Bertz CT molecular complexity index is 1430. The van der Waals surface area contributed by atoms with Gasteiger partial charge in [0.2, 0.25) is 0 Å². The number of benzene rings is 3. The van der Waals surface area contributed by atoms with E-state index in [1.807, 2.05) is 59.5 Å². The molecule has 196 valence electrons. The standard InChI is InChI=1S/C29H31N5O4/c1-33(29(36)18-9-5-4-6-10-18)14-13-24-26(35)25(28-31-22-11-7-8-12-23(22)32-28)27(30)34(24)19-15-20(37-2)17-21(16-19)38-3/h4-12,15-17,24,26,35H,13-14,30H2,1-3H3,(H,31,32). The highest BCUT2D eigenvalue weighted by Gasteiger charge is 2.41. The van der Waals surface area contributed by atoms with Gasteiger partial charge in [-0.15, -0.1) is 0 Å². The minimum Gasteiger partial charge on any atom is -0.497 e. The van der Waals surface area contributed by atoms with E-state index in [0.717, 1.165) is 11.0 Å². The molecule has 0 saturated carbocycles. The first kappa shape index (κ1) is 25.2. The number of nitrogens with zero attached hydrogens (tertiary/aromatic N) is 3. The van der Waals surface area contributed by atoms with E-state index in [2.05, 4.69) is 4.98 Å². The maximum Gasteiger partial charge on any atom is 0.253 e. The number of rotatable bonds is 8. The van der Waals surface area contributed by atoms with Crippen LogP contribution in [0.1, 0.15) is 22.6 Å². The number of nitrogens with one attached hydrogen (secondary N) is 1. The summed E-state index contributed by atoms with van der Waals surface area (Å²) >= 11 is 0. The Balaban J connectivity index is 1.51. The summed E-state index contributed by atoms with van der Waals surface area (Å²) in [5, 5.41) is 11.6. The molecule has 9 heteroatoms. The Morgan fingerprint density at radius 2 is 1.71 bits per heavy atom. The maximum atomic E-state index is 13.0. The molecule has 9 nitrogen and oxygen atoms in total. The predicted octanol–water partition coefficient (Wildman–Crippen LogP) is 3.62. The number of para-hydroxylation sites is 2.